The molecule has 12 heavy (non-hydrogen) atoms. The third-order valence-corrected chi connectivity index (χ3v) is 3.74. The van der Waals surface area contributed by atoms with Gasteiger partial charge in [-0.1, -0.05) is 0 Å². The Morgan fingerprint density at radius 3 is 2.75 bits per heavy atom. The first-order valence-corrected chi connectivity index (χ1v) is 6.10. The van der Waals surface area contributed by atoms with Crippen LogP contribution in [0.1, 0.15) is 39.5 Å². The van der Waals surface area contributed by atoms with Crippen LogP contribution in [0.3, 0.4) is 0 Å². The third-order valence-electron chi connectivity index (χ3n) is 2.45. The van der Waals surface area contributed by atoms with Crippen molar-refractivity contribution in [2.24, 2.45) is 11.7 Å². The Bertz CT molecular complexity index is 122. The zero-order valence-electron chi connectivity index (χ0n) is 8.31. The molecule has 2 heteroatoms. The van der Waals surface area contributed by atoms with Crippen molar-refractivity contribution in [2.75, 3.05) is 11.5 Å². The summed E-state index contributed by atoms with van der Waals surface area (Å²) in [6, 6.07) is 0. The average molecular weight is 187 g/mol. The summed E-state index contributed by atoms with van der Waals surface area (Å²) < 4.78 is 0. The minimum absolute atomic E-state index is 0.0438. The SMILES string of the molecule is CC(C)(N)CCC1CCCSC1. The quantitative estimate of drug-likeness (QED) is 0.735. The smallest absolute Gasteiger partial charge is 0.00971 e. The molecule has 0 aromatic carbocycles. The van der Waals surface area contributed by atoms with E-state index in [9.17, 15) is 0 Å². The molecule has 0 saturated carbocycles. The van der Waals surface area contributed by atoms with Crippen LogP contribution in [0.5, 0.6) is 0 Å². The second kappa shape index (κ2) is 4.52. The third kappa shape index (κ3) is 4.36. The molecule has 0 radical (unpaired) electrons. The average Bonchev–Trinajstić information content (AvgIpc) is 2.02. The molecule has 1 nitrogen and oxygen atoms in total. The summed E-state index contributed by atoms with van der Waals surface area (Å²) in [5, 5.41) is 0. The molecule has 0 aromatic heterocycles. The Kier molecular flexibility index (Phi) is 3.91. The van der Waals surface area contributed by atoms with Gasteiger partial charge in [0.2, 0.25) is 0 Å². The van der Waals surface area contributed by atoms with Crippen molar-refractivity contribution in [3.63, 3.8) is 0 Å². The topological polar surface area (TPSA) is 26.0 Å². The molecule has 0 spiro atoms. The Balaban J connectivity index is 2.13. The minimum atomic E-state index is 0.0438. The van der Waals surface area contributed by atoms with Crippen LogP contribution in [0.25, 0.3) is 0 Å². The molecule has 72 valence electrons. The lowest BCUT2D eigenvalue weighted by atomic mass is 9.91. The van der Waals surface area contributed by atoms with Crippen molar-refractivity contribution in [3.8, 4) is 0 Å². The number of hydrogen-bond donors (Lipinski definition) is 1. The van der Waals surface area contributed by atoms with Crippen LogP contribution in [0.4, 0.5) is 0 Å². The lowest BCUT2D eigenvalue weighted by Gasteiger charge is -2.25. The maximum Gasteiger partial charge on any atom is 0.00971 e. The van der Waals surface area contributed by atoms with E-state index in [1.807, 2.05) is 0 Å². The van der Waals surface area contributed by atoms with E-state index in [4.69, 9.17) is 5.73 Å². The second-order valence-electron chi connectivity index (χ2n) is 4.61. The summed E-state index contributed by atoms with van der Waals surface area (Å²) in [5.41, 5.74) is 5.99. The van der Waals surface area contributed by atoms with Crippen molar-refractivity contribution in [1.82, 2.24) is 0 Å². The molecular weight excluding hydrogens is 166 g/mol. The van der Waals surface area contributed by atoms with Crippen molar-refractivity contribution in [3.05, 3.63) is 0 Å². The zero-order valence-corrected chi connectivity index (χ0v) is 9.12. The van der Waals surface area contributed by atoms with Crippen LogP contribution in [0.2, 0.25) is 0 Å². The van der Waals surface area contributed by atoms with Crippen molar-refractivity contribution >= 4 is 11.8 Å². The minimum Gasteiger partial charge on any atom is -0.326 e. The van der Waals surface area contributed by atoms with Gasteiger partial charge in [-0.25, -0.2) is 0 Å². The van der Waals surface area contributed by atoms with E-state index in [2.05, 4.69) is 25.6 Å². The standard InChI is InChI=1S/C10H21NS/c1-10(2,11)6-5-9-4-3-7-12-8-9/h9H,3-8,11H2,1-2H3. The van der Waals surface area contributed by atoms with E-state index in [1.54, 1.807) is 0 Å². The fourth-order valence-corrected chi connectivity index (χ4v) is 2.82. The van der Waals surface area contributed by atoms with E-state index in [0.717, 1.165) is 5.92 Å². The molecule has 1 fully saturated rings. The van der Waals surface area contributed by atoms with Gasteiger partial charge in [-0.15, -0.1) is 0 Å². The van der Waals surface area contributed by atoms with Crippen LogP contribution in [0, 0.1) is 5.92 Å². The molecule has 0 bridgehead atoms. The van der Waals surface area contributed by atoms with Crippen molar-refractivity contribution in [2.45, 2.75) is 45.1 Å². The fourth-order valence-electron chi connectivity index (χ4n) is 1.61. The molecule has 1 rings (SSSR count). The Morgan fingerprint density at radius 2 is 2.25 bits per heavy atom. The summed E-state index contributed by atoms with van der Waals surface area (Å²) in [6.45, 7) is 4.26. The first-order chi connectivity index (χ1) is 5.58. The van der Waals surface area contributed by atoms with E-state index >= 15 is 0 Å². The Labute approximate surface area is 80.5 Å². The lowest BCUT2D eigenvalue weighted by Crippen LogP contribution is -2.32. The normalized spacial score (nSPS) is 25.8. The van der Waals surface area contributed by atoms with Crippen LogP contribution >= 0.6 is 11.8 Å². The van der Waals surface area contributed by atoms with Gasteiger partial charge in [0.15, 0.2) is 0 Å². The lowest BCUT2D eigenvalue weighted by molar-refractivity contribution is 0.385. The number of thioether (sulfide) groups is 1. The van der Waals surface area contributed by atoms with Gasteiger partial charge < -0.3 is 5.73 Å². The highest BCUT2D eigenvalue weighted by Gasteiger charge is 2.17. The van der Waals surface area contributed by atoms with Gasteiger partial charge in [0.25, 0.3) is 0 Å². The maximum atomic E-state index is 5.95. The number of nitrogens with two attached hydrogens (primary N) is 1. The molecule has 1 aliphatic heterocycles. The second-order valence-corrected chi connectivity index (χ2v) is 5.76. The summed E-state index contributed by atoms with van der Waals surface area (Å²) in [5.74, 6) is 3.70. The van der Waals surface area contributed by atoms with E-state index in [-0.39, 0.29) is 5.54 Å². The van der Waals surface area contributed by atoms with Gasteiger partial charge in [-0.05, 0) is 57.0 Å². The van der Waals surface area contributed by atoms with Gasteiger partial charge in [0.1, 0.15) is 0 Å². The van der Waals surface area contributed by atoms with Crippen LogP contribution in [0.15, 0.2) is 0 Å². The molecule has 1 unspecified atom stereocenters. The van der Waals surface area contributed by atoms with E-state index in [0.29, 0.717) is 0 Å². The predicted octanol–water partition coefficient (Wildman–Crippen LogP) is 2.65. The number of rotatable bonds is 3. The monoisotopic (exact) mass is 187 g/mol. The number of hydrogen-bond acceptors (Lipinski definition) is 2. The van der Waals surface area contributed by atoms with Gasteiger partial charge in [-0.3, -0.25) is 0 Å². The van der Waals surface area contributed by atoms with Gasteiger partial charge in [0, 0.05) is 5.54 Å². The first-order valence-electron chi connectivity index (χ1n) is 4.94. The summed E-state index contributed by atoms with van der Waals surface area (Å²) in [7, 11) is 0. The van der Waals surface area contributed by atoms with E-state index in [1.165, 1.54) is 37.2 Å². The largest absolute Gasteiger partial charge is 0.326 e. The molecular formula is C10H21NS. The molecule has 0 aromatic rings. The summed E-state index contributed by atoms with van der Waals surface area (Å²) in [4.78, 5) is 0. The highest BCUT2D eigenvalue weighted by atomic mass is 32.2. The Morgan fingerprint density at radius 1 is 1.50 bits per heavy atom. The molecule has 0 aliphatic carbocycles. The first kappa shape index (κ1) is 10.4. The van der Waals surface area contributed by atoms with Gasteiger partial charge in [-0.2, -0.15) is 11.8 Å². The fraction of sp³-hybridized carbons (Fsp3) is 1.00. The van der Waals surface area contributed by atoms with Crippen molar-refractivity contribution in [1.29, 1.82) is 0 Å². The predicted molar refractivity (Wildman–Crippen MR) is 57.5 cm³/mol. The molecule has 0 amide bonds. The zero-order chi connectivity index (χ0) is 9.03. The van der Waals surface area contributed by atoms with Crippen LogP contribution in [-0.4, -0.2) is 17.0 Å². The van der Waals surface area contributed by atoms with Crippen LogP contribution in [-0.2, 0) is 0 Å². The van der Waals surface area contributed by atoms with Crippen LogP contribution < -0.4 is 5.73 Å². The molecule has 2 N–H and O–H groups in total. The van der Waals surface area contributed by atoms with Gasteiger partial charge >= 0.3 is 0 Å². The summed E-state index contributed by atoms with van der Waals surface area (Å²) >= 11 is 2.11. The Hall–Kier alpha value is 0.310. The summed E-state index contributed by atoms with van der Waals surface area (Å²) in [6.07, 6.45) is 5.36. The molecule has 1 aliphatic rings. The van der Waals surface area contributed by atoms with Crippen molar-refractivity contribution < 1.29 is 0 Å². The molecule has 1 saturated heterocycles. The van der Waals surface area contributed by atoms with Gasteiger partial charge in [0.05, 0.1) is 0 Å². The highest BCUT2D eigenvalue weighted by molar-refractivity contribution is 7.99. The molecule has 1 heterocycles. The van der Waals surface area contributed by atoms with E-state index < -0.39 is 0 Å². The highest BCUT2D eigenvalue weighted by Crippen LogP contribution is 2.27. The molecule has 1 atom stereocenters. The maximum absolute atomic E-state index is 5.95.